The van der Waals surface area contributed by atoms with Crippen molar-refractivity contribution in [2.75, 3.05) is 39.9 Å². The lowest BCUT2D eigenvalue weighted by molar-refractivity contribution is 0.0593. The first-order valence-corrected chi connectivity index (χ1v) is 8.39. The molecular weight excluding hydrogens is 292 g/mol. The largest absolute Gasteiger partial charge is 0.462 e. The van der Waals surface area contributed by atoms with Gasteiger partial charge in [0.2, 0.25) is 0 Å². The van der Waals surface area contributed by atoms with Gasteiger partial charge in [0, 0.05) is 45.9 Å². The van der Waals surface area contributed by atoms with Gasteiger partial charge in [0.25, 0.3) is 0 Å². The van der Waals surface area contributed by atoms with Crippen molar-refractivity contribution in [2.24, 2.45) is 0 Å². The number of allylic oxidation sites excluding steroid dienone is 1. The monoisotopic (exact) mass is 322 g/mol. The van der Waals surface area contributed by atoms with Crippen molar-refractivity contribution in [3.8, 4) is 0 Å². The van der Waals surface area contributed by atoms with Crippen LogP contribution in [0.25, 0.3) is 0 Å². The van der Waals surface area contributed by atoms with E-state index in [2.05, 4.69) is 29.7 Å². The first-order valence-electron chi connectivity index (χ1n) is 8.39. The van der Waals surface area contributed by atoms with Crippen molar-refractivity contribution < 1.29 is 14.3 Å². The van der Waals surface area contributed by atoms with Gasteiger partial charge in [0.05, 0.1) is 6.54 Å². The standard InChI is InChI=1S/C18H30N2O3/c1-15(2)6-8-20-10-9-19(12-16(20)7-11-21)13-17-4-5-18(23-17)14-22-3/h4-6,16,21H,7-14H2,1-3H3. The van der Waals surface area contributed by atoms with Crippen LogP contribution in [-0.2, 0) is 17.9 Å². The average molecular weight is 322 g/mol. The number of nitrogens with zero attached hydrogens (tertiary/aromatic N) is 2. The minimum atomic E-state index is 0.239. The first kappa shape index (κ1) is 18.2. The fraction of sp³-hybridized carbons (Fsp3) is 0.667. The van der Waals surface area contributed by atoms with E-state index in [4.69, 9.17) is 9.15 Å². The lowest BCUT2D eigenvalue weighted by Crippen LogP contribution is -2.53. The van der Waals surface area contributed by atoms with Crippen LogP contribution in [-0.4, -0.2) is 60.8 Å². The maximum Gasteiger partial charge on any atom is 0.129 e. The highest BCUT2D eigenvalue weighted by molar-refractivity contribution is 5.07. The number of aliphatic hydroxyl groups excluding tert-OH is 1. The summed E-state index contributed by atoms with van der Waals surface area (Å²) in [6, 6.07) is 4.41. The Balaban J connectivity index is 1.90. The quantitative estimate of drug-likeness (QED) is 0.744. The van der Waals surface area contributed by atoms with Gasteiger partial charge in [-0.1, -0.05) is 11.6 Å². The molecule has 0 amide bonds. The lowest BCUT2D eigenvalue weighted by atomic mass is 10.1. The molecule has 0 aliphatic carbocycles. The van der Waals surface area contributed by atoms with Gasteiger partial charge in [-0.05, 0) is 32.4 Å². The molecule has 2 heterocycles. The summed E-state index contributed by atoms with van der Waals surface area (Å²) in [6.45, 7) is 9.84. The van der Waals surface area contributed by atoms with E-state index in [0.717, 1.165) is 50.7 Å². The molecule has 1 aromatic rings. The molecule has 2 rings (SSSR count). The number of hydrogen-bond donors (Lipinski definition) is 1. The van der Waals surface area contributed by atoms with Crippen LogP contribution in [0.1, 0.15) is 31.8 Å². The van der Waals surface area contributed by atoms with Crippen molar-refractivity contribution >= 4 is 0 Å². The zero-order chi connectivity index (χ0) is 16.7. The van der Waals surface area contributed by atoms with Gasteiger partial charge in [-0.3, -0.25) is 9.80 Å². The van der Waals surface area contributed by atoms with Crippen molar-refractivity contribution in [2.45, 2.75) is 39.5 Å². The van der Waals surface area contributed by atoms with Crippen molar-refractivity contribution in [3.05, 3.63) is 35.3 Å². The van der Waals surface area contributed by atoms with E-state index < -0.39 is 0 Å². The van der Waals surface area contributed by atoms with Crippen LogP contribution < -0.4 is 0 Å². The Hall–Kier alpha value is -1.14. The highest BCUT2D eigenvalue weighted by atomic mass is 16.5. The molecule has 1 aromatic heterocycles. The molecule has 0 aromatic carbocycles. The zero-order valence-corrected chi connectivity index (χ0v) is 14.6. The minimum Gasteiger partial charge on any atom is -0.462 e. The van der Waals surface area contributed by atoms with E-state index in [0.29, 0.717) is 12.6 Å². The van der Waals surface area contributed by atoms with Gasteiger partial charge < -0.3 is 14.3 Å². The van der Waals surface area contributed by atoms with Gasteiger partial charge in [0.15, 0.2) is 0 Å². The second-order valence-corrected chi connectivity index (χ2v) is 6.48. The number of aliphatic hydroxyl groups is 1. The molecule has 5 heteroatoms. The van der Waals surface area contributed by atoms with E-state index in [1.165, 1.54) is 5.57 Å². The lowest BCUT2D eigenvalue weighted by Gasteiger charge is -2.40. The highest BCUT2D eigenvalue weighted by Gasteiger charge is 2.26. The molecule has 1 aliphatic rings. The molecular formula is C18H30N2O3. The van der Waals surface area contributed by atoms with E-state index in [1.807, 2.05) is 12.1 Å². The average Bonchev–Trinajstić information content (AvgIpc) is 2.94. The highest BCUT2D eigenvalue weighted by Crippen LogP contribution is 2.17. The summed E-state index contributed by atoms with van der Waals surface area (Å²) in [4.78, 5) is 4.88. The van der Waals surface area contributed by atoms with Crippen LogP contribution in [0.4, 0.5) is 0 Å². The van der Waals surface area contributed by atoms with Crippen molar-refractivity contribution in [1.82, 2.24) is 9.80 Å². The molecule has 0 radical (unpaired) electrons. The molecule has 130 valence electrons. The first-order chi connectivity index (χ1) is 11.1. The number of hydrogen-bond acceptors (Lipinski definition) is 5. The number of ether oxygens (including phenoxy) is 1. The topological polar surface area (TPSA) is 49.1 Å². The molecule has 1 fully saturated rings. The Morgan fingerprint density at radius 2 is 2.13 bits per heavy atom. The number of furan rings is 1. The van der Waals surface area contributed by atoms with Gasteiger partial charge >= 0.3 is 0 Å². The molecule has 0 saturated carbocycles. The third-order valence-corrected chi connectivity index (χ3v) is 4.27. The number of piperazine rings is 1. The van der Waals surface area contributed by atoms with E-state index in [1.54, 1.807) is 7.11 Å². The van der Waals surface area contributed by atoms with Crippen LogP contribution in [0.5, 0.6) is 0 Å². The maximum atomic E-state index is 9.36. The summed E-state index contributed by atoms with van der Waals surface area (Å²) in [5, 5.41) is 9.36. The molecule has 1 atom stereocenters. The second kappa shape index (κ2) is 9.23. The third kappa shape index (κ3) is 5.77. The van der Waals surface area contributed by atoms with Crippen LogP contribution in [0.15, 0.2) is 28.2 Å². The molecule has 1 unspecified atom stereocenters. The third-order valence-electron chi connectivity index (χ3n) is 4.27. The van der Waals surface area contributed by atoms with Gasteiger partial charge in [-0.15, -0.1) is 0 Å². The molecule has 1 N–H and O–H groups in total. The predicted molar refractivity (Wildman–Crippen MR) is 91.2 cm³/mol. The van der Waals surface area contributed by atoms with E-state index in [-0.39, 0.29) is 6.61 Å². The summed E-state index contributed by atoms with van der Waals surface area (Å²) in [5.74, 6) is 1.86. The molecule has 0 bridgehead atoms. The Labute approximate surface area is 139 Å². The van der Waals surface area contributed by atoms with Gasteiger partial charge in [0.1, 0.15) is 18.1 Å². The Morgan fingerprint density at radius 3 is 2.83 bits per heavy atom. The summed E-state index contributed by atoms with van der Waals surface area (Å²) < 4.78 is 10.9. The number of methoxy groups -OCH3 is 1. The molecule has 23 heavy (non-hydrogen) atoms. The van der Waals surface area contributed by atoms with E-state index >= 15 is 0 Å². The van der Waals surface area contributed by atoms with Gasteiger partial charge in [-0.2, -0.15) is 0 Å². The molecule has 1 saturated heterocycles. The summed E-state index contributed by atoms with van der Waals surface area (Å²) in [6.07, 6.45) is 3.09. The number of rotatable bonds is 8. The molecule has 5 nitrogen and oxygen atoms in total. The summed E-state index contributed by atoms with van der Waals surface area (Å²) >= 11 is 0. The fourth-order valence-electron chi connectivity index (χ4n) is 3.01. The SMILES string of the molecule is COCc1ccc(CN2CCN(CC=C(C)C)C(CCO)C2)o1. The Kier molecular flexibility index (Phi) is 7.30. The van der Waals surface area contributed by atoms with Crippen LogP contribution in [0.3, 0.4) is 0 Å². The molecule has 0 spiro atoms. The van der Waals surface area contributed by atoms with E-state index in [9.17, 15) is 5.11 Å². The normalized spacial score (nSPS) is 19.9. The van der Waals surface area contributed by atoms with Crippen LogP contribution >= 0.6 is 0 Å². The van der Waals surface area contributed by atoms with Crippen molar-refractivity contribution in [1.29, 1.82) is 0 Å². The molecule has 1 aliphatic heterocycles. The Bertz CT molecular complexity index is 494. The van der Waals surface area contributed by atoms with Crippen LogP contribution in [0.2, 0.25) is 0 Å². The summed E-state index contributed by atoms with van der Waals surface area (Å²) in [7, 11) is 1.67. The van der Waals surface area contributed by atoms with Crippen LogP contribution in [0, 0.1) is 0 Å². The summed E-state index contributed by atoms with van der Waals surface area (Å²) in [5.41, 5.74) is 1.34. The second-order valence-electron chi connectivity index (χ2n) is 6.48. The van der Waals surface area contributed by atoms with Gasteiger partial charge in [-0.25, -0.2) is 0 Å². The fourth-order valence-corrected chi connectivity index (χ4v) is 3.01. The minimum absolute atomic E-state index is 0.239. The maximum absolute atomic E-state index is 9.36. The smallest absolute Gasteiger partial charge is 0.129 e. The predicted octanol–water partition coefficient (Wildman–Crippen LogP) is 2.26. The Morgan fingerprint density at radius 1 is 1.35 bits per heavy atom. The zero-order valence-electron chi connectivity index (χ0n) is 14.6. The van der Waals surface area contributed by atoms with Crippen molar-refractivity contribution in [3.63, 3.8) is 0 Å².